The molecule has 0 aromatic heterocycles. The number of piperidine rings is 1. The second kappa shape index (κ2) is 7.62. The monoisotopic (exact) mass is 216 g/mol. The van der Waals surface area contributed by atoms with Crippen LogP contribution in [0.15, 0.2) is 0 Å². The summed E-state index contributed by atoms with van der Waals surface area (Å²) < 4.78 is 5.46. The molecule has 0 atom stereocenters. The lowest BCUT2D eigenvalue weighted by atomic mass is 10.1. The number of nitrogens with one attached hydrogen (secondary N) is 2. The van der Waals surface area contributed by atoms with Gasteiger partial charge in [0.1, 0.15) is 6.61 Å². The number of aliphatic hydroxyl groups is 1. The van der Waals surface area contributed by atoms with E-state index in [4.69, 9.17) is 9.84 Å². The molecule has 0 aromatic rings. The van der Waals surface area contributed by atoms with E-state index in [1.54, 1.807) is 0 Å². The van der Waals surface area contributed by atoms with Gasteiger partial charge in [-0.2, -0.15) is 0 Å². The van der Waals surface area contributed by atoms with E-state index in [9.17, 15) is 4.79 Å². The second-order valence-electron chi connectivity index (χ2n) is 3.69. The van der Waals surface area contributed by atoms with Gasteiger partial charge in [0, 0.05) is 13.2 Å². The maximum Gasteiger partial charge on any atom is 0.246 e. The predicted molar refractivity (Wildman–Crippen MR) is 56.6 cm³/mol. The maximum absolute atomic E-state index is 11.2. The molecule has 0 unspecified atom stereocenters. The van der Waals surface area contributed by atoms with Gasteiger partial charge >= 0.3 is 0 Å². The average molecular weight is 216 g/mol. The Bertz CT molecular complexity index is 182. The average Bonchev–Trinajstić information content (AvgIpc) is 2.28. The third-order valence-corrected chi connectivity index (χ3v) is 2.39. The van der Waals surface area contributed by atoms with E-state index in [2.05, 4.69) is 10.6 Å². The molecule has 1 fully saturated rings. The summed E-state index contributed by atoms with van der Waals surface area (Å²) in [5, 5.41) is 14.4. The Kier molecular flexibility index (Phi) is 6.31. The Morgan fingerprint density at radius 3 is 2.87 bits per heavy atom. The van der Waals surface area contributed by atoms with Crippen molar-refractivity contribution in [1.29, 1.82) is 0 Å². The molecule has 1 aliphatic heterocycles. The molecule has 15 heavy (non-hydrogen) atoms. The minimum atomic E-state index is -0.0954. The molecule has 0 radical (unpaired) electrons. The lowest BCUT2D eigenvalue weighted by molar-refractivity contribution is -0.128. The van der Waals surface area contributed by atoms with Crippen molar-refractivity contribution in [2.75, 3.05) is 32.8 Å². The van der Waals surface area contributed by atoms with Crippen LogP contribution in [0, 0.1) is 0 Å². The van der Waals surface area contributed by atoms with Gasteiger partial charge in [-0.3, -0.25) is 4.79 Å². The van der Waals surface area contributed by atoms with E-state index < -0.39 is 0 Å². The standard InChI is InChI=1S/C10H20N2O3/c13-7-1-4-12-10(14)8-15-9-2-5-11-6-3-9/h9,11,13H,1-8H2,(H,12,14). The zero-order valence-corrected chi connectivity index (χ0v) is 9.00. The molecule has 5 heteroatoms. The lowest BCUT2D eigenvalue weighted by Gasteiger charge is -2.22. The van der Waals surface area contributed by atoms with E-state index >= 15 is 0 Å². The highest BCUT2D eigenvalue weighted by Crippen LogP contribution is 2.06. The van der Waals surface area contributed by atoms with Crippen LogP contribution in [-0.2, 0) is 9.53 Å². The van der Waals surface area contributed by atoms with Gasteiger partial charge in [-0.1, -0.05) is 0 Å². The fraction of sp³-hybridized carbons (Fsp3) is 0.900. The minimum absolute atomic E-state index is 0.0954. The van der Waals surface area contributed by atoms with E-state index in [0.717, 1.165) is 25.9 Å². The third kappa shape index (κ3) is 5.71. The third-order valence-electron chi connectivity index (χ3n) is 2.39. The van der Waals surface area contributed by atoms with Crippen LogP contribution in [0.5, 0.6) is 0 Å². The molecule has 0 aromatic carbocycles. The van der Waals surface area contributed by atoms with Gasteiger partial charge in [-0.25, -0.2) is 0 Å². The Balaban J connectivity index is 2.00. The first-order valence-corrected chi connectivity index (χ1v) is 5.53. The molecular weight excluding hydrogens is 196 g/mol. The van der Waals surface area contributed by atoms with Crippen molar-refractivity contribution in [3.8, 4) is 0 Å². The number of hydrogen-bond donors (Lipinski definition) is 3. The van der Waals surface area contributed by atoms with Gasteiger partial charge in [-0.15, -0.1) is 0 Å². The van der Waals surface area contributed by atoms with Crippen molar-refractivity contribution in [3.63, 3.8) is 0 Å². The molecule has 1 amide bonds. The molecule has 0 aliphatic carbocycles. The number of aliphatic hydroxyl groups excluding tert-OH is 1. The summed E-state index contributed by atoms with van der Waals surface area (Å²) in [6.45, 7) is 2.70. The fourth-order valence-corrected chi connectivity index (χ4v) is 1.51. The highest BCUT2D eigenvalue weighted by atomic mass is 16.5. The van der Waals surface area contributed by atoms with Crippen LogP contribution in [0.4, 0.5) is 0 Å². The zero-order chi connectivity index (χ0) is 10.9. The molecule has 1 aliphatic rings. The number of ether oxygens (including phenoxy) is 1. The van der Waals surface area contributed by atoms with Crippen LogP contribution in [-0.4, -0.2) is 50.0 Å². The van der Waals surface area contributed by atoms with Crippen molar-refractivity contribution in [1.82, 2.24) is 10.6 Å². The number of carbonyl (C=O) groups is 1. The van der Waals surface area contributed by atoms with Crippen LogP contribution in [0.2, 0.25) is 0 Å². The molecular formula is C10H20N2O3. The van der Waals surface area contributed by atoms with Gasteiger partial charge in [0.15, 0.2) is 0 Å². The molecule has 0 saturated carbocycles. The molecule has 5 nitrogen and oxygen atoms in total. The summed E-state index contributed by atoms with van der Waals surface area (Å²) in [5.41, 5.74) is 0. The highest BCUT2D eigenvalue weighted by Gasteiger charge is 2.14. The molecule has 3 N–H and O–H groups in total. The van der Waals surface area contributed by atoms with Crippen LogP contribution in [0.25, 0.3) is 0 Å². The largest absolute Gasteiger partial charge is 0.396 e. The molecule has 0 bridgehead atoms. The predicted octanol–water partition coefficient (Wildman–Crippen LogP) is -0.746. The highest BCUT2D eigenvalue weighted by molar-refractivity contribution is 5.77. The van der Waals surface area contributed by atoms with Crippen LogP contribution < -0.4 is 10.6 Å². The number of hydrogen-bond acceptors (Lipinski definition) is 4. The normalized spacial score (nSPS) is 17.7. The van der Waals surface area contributed by atoms with Gasteiger partial charge in [-0.05, 0) is 32.4 Å². The first kappa shape index (κ1) is 12.4. The van der Waals surface area contributed by atoms with E-state index in [-0.39, 0.29) is 25.2 Å². The van der Waals surface area contributed by atoms with Crippen molar-refractivity contribution in [2.45, 2.75) is 25.4 Å². The van der Waals surface area contributed by atoms with Crippen molar-refractivity contribution < 1.29 is 14.6 Å². The Morgan fingerprint density at radius 2 is 2.20 bits per heavy atom. The number of amides is 1. The van der Waals surface area contributed by atoms with Crippen LogP contribution in [0.3, 0.4) is 0 Å². The second-order valence-corrected chi connectivity index (χ2v) is 3.69. The van der Waals surface area contributed by atoms with E-state index in [1.165, 1.54) is 0 Å². The van der Waals surface area contributed by atoms with Crippen molar-refractivity contribution in [2.24, 2.45) is 0 Å². The van der Waals surface area contributed by atoms with E-state index in [1.807, 2.05) is 0 Å². The Labute approximate surface area is 90.2 Å². The lowest BCUT2D eigenvalue weighted by Crippen LogP contribution is -2.36. The summed E-state index contributed by atoms with van der Waals surface area (Å²) in [6.07, 6.45) is 2.77. The summed E-state index contributed by atoms with van der Waals surface area (Å²) in [6, 6.07) is 0. The molecule has 88 valence electrons. The van der Waals surface area contributed by atoms with Crippen LogP contribution >= 0.6 is 0 Å². The summed E-state index contributed by atoms with van der Waals surface area (Å²) in [4.78, 5) is 11.2. The van der Waals surface area contributed by atoms with Crippen molar-refractivity contribution in [3.05, 3.63) is 0 Å². The quantitative estimate of drug-likeness (QED) is 0.511. The van der Waals surface area contributed by atoms with Crippen molar-refractivity contribution >= 4 is 5.91 Å². The topological polar surface area (TPSA) is 70.6 Å². The molecule has 1 heterocycles. The fourth-order valence-electron chi connectivity index (χ4n) is 1.51. The van der Waals surface area contributed by atoms with Crippen LogP contribution in [0.1, 0.15) is 19.3 Å². The van der Waals surface area contributed by atoms with Gasteiger partial charge < -0.3 is 20.5 Å². The van der Waals surface area contributed by atoms with Gasteiger partial charge in [0.25, 0.3) is 0 Å². The Hall–Kier alpha value is -0.650. The Morgan fingerprint density at radius 1 is 1.47 bits per heavy atom. The van der Waals surface area contributed by atoms with Gasteiger partial charge in [0.05, 0.1) is 6.10 Å². The molecule has 1 saturated heterocycles. The minimum Gasteiger partial charge on any atom is -0.396 e. The molecule has 1 rings (SSSR count). The summed E-state index contributed by atoms with van der Waals surface area (Å²) in [7, 11) is 0. The molecule has 0 spiro atoms. The number of carbonyl (C=O) groups excluding carboxylic acids is 1. The number of rotatable bonds is 6. The first-order chi connectivity index (χ1) is 7.33. The van der Waals surface area contributed by atoms with E-state index in [0.29, 0.717) is 13.0 Å². The summed E-state index contributed by atoms with van der Waals surface area (Å²) >= 11 is 0. The smallest absolute Gasteiger partial charge is 0.246 e. The summed E-state index contributed by atoms with van der Waals surface area (Å²) in [5.74, 6) is -0.0954. The zero-order valence-electron chi connectivity index (χ0n) is 9.00. The SMILES string of the molecule is O=C(COC1CCNCC1)NCCCO. The van der Waals surface area contributed by atoms with Gasteiger partial charge in [0.2, 0.25) is 5.91 Å². The maximum atomic E-state index is 11.2. The first-order valence-electron chi connectivity index (χ1n) is 5.53.